The molecule has 3 heterocycles. The lowest BCUT2D eigenvalue weighted by Gasteiger charge is -2.31. The Morgan fingerprint density at radius 2 is 2.00 bits per heavy atom. The average molecular weight is 328 g/mol. The third-order valence-corrected chi connectivity index (χ3v) is 4.52. The summed E-state index contributed by atoms with van der Waals surface area (Å²) in [5, 5.41) is 11.9. The summed E-state index contributed by atoms with van der Waals surface area (Å²) in [5.74, 6) is 1.79. The Labute approximate surface area is 140 Å². The van der Waals surface area contributed by atoms with Gasteiger partial charge < -0.3 is 14.2 Å². The highest BCUT2D eigenvalue weighted by atomic mass is 16.5. The van der Waals surface area contributed by atoms with Gasteiger partial charge in [0.2, 0.25) is 5.88 Å². The average Bonchev–Trinajstić information content (AvgIpc) is 3.34. The summed E-state index contributed by atoms with van der Waals surface area (Å²) in [6, 6.07) is 5.50. The van der Waals surface area contributed by atoms with E-state index in [0.29, 0.717) is 30.6 Å². The highest BCUT2D eigenvalue weighted by molar-refractivity contribution is 5.92. The molecular weight excluding hydrogens is 308 g/mol. The Morgan fingerprint density at radius 3 is 2.67 bits per heavy atom. The summed E-state index contributed by atoms with van der Waals surface area (Å²) in [6.07, 6.45) is 3.87. The molecule has 0 radical (unpaired) electrons. The number of hydrogen-bond acceptors (Lipinski definition) is 6. The van der Waals surface area contributed by atoms with Gasteiger partial charge in [0, 0.05) is 44.0 Å². The van der Waals surface area contributed by atoms with Crippen molar-refractivity contribution in [3.63, 3.8) is 0 Å². The Hall–Kier alpha value is -2.44. The third-order valence-electron chi connectivity index (χ3n) is 4.52. The summed E-state index contributed by atoms with van der Waals surface area (Å²) < 4.78 is 11.1. The molecule has 4 rings (SSSR count). The van der Waals surface area contributed by atoms with Crippen molar-refractivity contribution in [2.24, 2.45) is 0 Å². The van der Waals surface area contributed by atoms with E-state index in [1.54, 1.807) is 6.07 Å². The Bertz CT molecular complexity index is 716. The van der Waals surface area contributed by atoms with Crippen LogP contribution in [0.2, 0.25) is 0 Å². The van der Waals surface area contributed by atoms with Crippen LogP contribution in [0.3, 0.4) is 0 Å². The lowest BCUT2D eigenvalue weighted by molar-refractivity contribution is 0.0576. The molecule has 7 heteroatoms. The number of hydrogen-bond donors (Lipinski definition) is 0. The van der Waals surface area contributed by atoms with Crippen molar-refractivity contribution in [1.29, 1.82) is 0 Å². The van der Waals surface area contributed by atoms with E-state index < -0.39 is 0 Å². The van der Waals surface area contributed by atoms with Crippen LogP contribution in [0.15, 0.2) is 22.7 Å². The fraction of sp³-hybridized carbons (Fsp3) is 0.529. The van der Waals surface area contributed by atoms with Crippen LogP contribution in [-0.2, 0) is 0 Å². The van der Waals surface area contributed by atoms with Gasteiger partial charge in [0.15, 0.2) is 5.69 Å². The van der Waals surface area contributed by atoms with E-state index in [1.165, 1.54) is 0 Å². The first-order valence-corrected chi connectivity index (χ1v) is 8.42. The molecule has 0 N–H and O–H groups in total. The lowest BCUT2D eigenvalue weighted by atomic mass is 10.1. The fourth-order valence-corrected chi connectivity index (χ4v) is 2.91. The standard InChI is InChI=1S/C17H20N4O3/c1-11-2-5-16(19-18-11)23-13-6-8-21(9-7-13)17(22)14-10-15(24-20-14)12-3-4-12/h2,5,10,12-13H,3-4,6-9H2,1H3. The molecule has 7 nitrogen and oxygen atoms in total. The second-order valence-electron chi connectivity index (χ2n) is 6.51. The molecule has 24 heavy (non-hydrogen) atoms. The van der Waals surface area contributed by atoms with Crippen molar-refractivity contribution in [2.75, 3.05) is 13.1 Å². The molecule has 0 aromatic carbocycles. The molecule has 1 amide bonds. The zero-order chi connectivity index (χ0) is 16.5. The topological polar surface area (TPSA) is 81.4 Å². The second-order valence-corrected chi connectivity index (χ2v) is 6.51. The molecule has 2 aromatic rings. The maximum Gasteiger partial charge on any atom is 0.276 e. The van der Waals surface area contributed by atoms with Gasteiger partial charge in [-0.1, -0.05) is 5.16 Å². The molecule has 2 aliphatic rings. The number of piperidine rings is 1. The van der Waals surface area contributed by atoms with E-state index >= 15 is 0 Å². The Morgan fingerprint density at radius 1 is 1.21 bits per heavy atom. The van der Waals surface area contributed by atoms with Gasteiger partial charge in [-0.05, 0) is 25.8 Å². The molecular formula is C17H20N4O3. The minimum Gasteiger partial charge on any atom is -0.473 e. The van der Waals surface area contributed by atoms with Crippen LogP contribution in [0.25, 0.3) is 0 Å². The smallest absolute Gasteiger partial charge is 0.276 e. The van der Waals surface area contributed by atoms with E-state index in [4.69, 9.17) is 9.26 Å². The van der Waals surface area contributed by atoms with Gasteiger partial charge in [-0.3, -0.25) is 4.79 Å². The normalized spacial score (nSPS) is 18.6. The molecule has 1 aliphatic carbocycles. The predicted molar refractivity (Wildman–Crippen MR) is 84.8 cm³/mol. The zero-order valence-corrected chi connectivity index (χ0v) is 13.6. The molecule has 2 fully saturated rings. The van der Waals surface area contributed by atoms with E-state index in [-0.39, 0.29) is 12.0 Å². The van der Waals surface area contributed by atoms with Gasteiger partial charge in [0.1, 0.15) is 11.9 Å². The van der Waals surface area contributed by atoms with Crippen LogP contribution >= 0.6 is 0 Å². The summed E-state index contributed by atoms with van der Waals surface area (Å²) in [5.41, 5.74) is 1.28. The molecule has 1 saturated carbocycles. The molecule has 0 unspecified atom stereocenters. The van der Waals surface area contributed by atoms with Crippen molar-refractivity contribution in [2.45, 2.75) is 44.6 Å². The number of aryl methyl sites for hydroxylation is 1. The Balaban J connectivity index is 1.31. The van der Waals surface area contributed by atoms with Gasteiger partial charge in [0.25, 0.3) is 5.91 Å². The van der Waals surface area contributed by atoms with Gasteiger partial charge in [-0.15, -0.1) is 5.10 Å². The van der Waals surface area contributed by atoms with Crippen molar-refractivity contribution in [3.05, 3.63) is 35.3 Å². The number of likely N-dealkylation sites (tertiary alicyclic amines) is 1. The minimum absolute atomic E-state index is 0.0563. The Kier molecular flexibility index (Phi) is 3.92. The first-order chi connectivity index (χ1) is 11.7. The summed E-state index contributed by atoms with van der Waals surface area (Å²) in [6.45, 7) is 3.18. The molecule has 1 aliphatic heterocycles. The first-order valence-electron chi connectivity index (χ1n) is 8.42. The van der Waals surface area contributed by atoms with E-state index in [9.17, 15) is 4.79 Å². The monoisotopic (exact) mass is 328 g/mol. The van der Waals surface area contributed by atoms with Gasteiger partial charge in [-0.25, -0.2) is 0 Å². The van der Waals surface area contributed by atoms with Crippen molar-refractivity contribution in [3.8, 4) is 5.88 Å². The maximum atomic E-state index is 12.5. The van der Waals surface area contributed by atoms with E-state index in [1.807, 2.05) is 24.0 Å². The van der Waals surface area contributed by atoms with Crippen molar-refractivity contribution >= 4 is 5.91 Å². The highest BCUT2D eigenvalue weighted by Crippen LogP contribution is 2.40. The number of aromatic nitrogens is 3. The van der Waals surface area contributed by atoms with Crippen molar-refractivity contribution < 1.29 is 14.1 Å². The predicted octanol–water partition coefficient (Wildman–Crippen LogP) is 2.33. The SMILES string of the molecule is Cc1ccc(OC2CCN(C(=O)c3cc(C4CC4)on3)CC2)nn1. The zero-order valence-electron chi connectivity index (χ0n) is 13.6. The number of carbonyl (C=O) groups is 1. The van der Waals surface area contributed by atoms with Crippen LogP contribution in [-0.4, -0.2) is 45.4 Å². The number of amides is 1. The summed E-state index contributed by atoms with van der Waals surface area (Å²) in [7, 11) is 0. The quantitative estimate of drug-likeness (QED) is 0.857. The van der Waals surface area contributed by atoms with Gasteiger partial charge in [0.05, 0.1) is 5.69 Å². The number of ether oxygens (including phenoxy) is 1. The lowest BCUT2D eigenvalue weighted by Crippen LogP contribution is -2.42. The van der Waals surface area contributed by atoms with Crippen LogP contribution in [0.1, 0.15) is 53.5 Å². The summed E-state index contributed by atoms with van der Waals surface area (Å²) in [4.78, 5) is 14.3. The highest BCUT2D eigenvalue weighted by Gasteiger charge is 2.31. The fourth-order valence-electron chi connectivity index (χ4n) is 2.91. The second kappa shape index (κ2) is 6.22. The minimum atomic E-state index is -0.0563. The number of carbonyl (C=O) groups excluding carboxylic acids is 1. The van der Waals surface area contributed by atoms with Crippen LogP contribution in [0, 0.1) is 6.92 Å². The maximum absolute atomic E-state index is 12.5. The number of nitrogens with zero attached hydrogens (tertiary/aromatic N) is 4. The first kappa shape index (κ1) is 15.1. The van der Waals surface area contributed by atoms with Gasteiger partial charge >= 0.3 is 0 Å². The summed E-state index contributed by atoms with van der Waals surface area (Å²) >= 11 is 0. The molecule has 0 bridgehead atoms. The van der Waals surface area contributed by atoms with E-state index in [0.717, 1.165) is 37.1 Å². The molecule has 1 saturated heterocycles. The van der Waals surface area contributed by atoms with Crippen LogP contribution < -0.4 is 4.74 Å². The van der Waals surface area contributed by atoms with Crippen LogP contribution in [0.5, 0.6) is 5.88 Å². The number of rotatable bonds is 4. The molecule has 2 aromatic heterocycles. The largest absolute Gasteiger partial charge is 0.473 e. The van der Waals surface area contributed by atoms with Crippen molar-refractivity contribution in [1.82, 2.24) is 20.3 Å². The van der Waals surface area contributed by atoms with E-state index in [2.05, 4.69) is 15.4 Å². The molecule has 0 atom stereocenters. The molecule has 0 spiro atoms. The van der Waals surface area contributed by atoms with Gasteiger partial charge in [-0.2, -0.15) is 5.10 Å². The molecule has 126 valence electrons. The third kappa shape index (κ3) is 3.25. The van der Waals surface area contributed by atoms with Crippen LogP contribution in [0.4, 0.5) is 0 Å².